The average molecular weight is 372 g/mol. The second-order valence-electron chi connectivity index (χ2n) is 5.24. The first-order chi connectivity index (χ1) is 13.0. The molecule has 0 unspecified atom stereocenters. The van der Waals surface area contributed by atoms with Gasteiger partial charge in [0.15, 0.2) is 12.9 Å². The van der Waals surface area contributed by atoms with E-state index in [4.69, 9.17) is 4.74 Å². The number of para-hydroxylation sites is 1. The largest absolute Gasteiger partial charge is 0.483 e. The number of hydrogen-bond acceptors (Lipinski definition) is 7. The summed E-state index contributed by atoms with van der Waals surface area (Å²) in [4.78, 5) is 46.8. The second-order valence-corrected chi connectivity index (χ2v) is 5.24. The highest BCUT2D eigenvalue weighted by molar-refractivity contribution is 5.98. The van der Waals surface area contributed by atoms with Gasteiger partial charge in [-0.25, -0.2) is 0 Å². The number of benzene rings is 2. The number of methoxy groups -OCH3 is 1. The van der Waals surface area contributed by atoms with Crippen LogP contribution >= 0.6 is 0 Å². The lowest BCUT2D eigenvalue weighted by atomic mass is 10.2. The summed E-state index contributed by atoms with van der Waals surface area (Å²) in [5.74, 6) is -1.32. The van der Waals surface area contributed by atoms with Gasteiger partial charge in [0.2, 0.25) is 0 Å². The van der Waals surface area contributed by atoms with E-state index in [0.717, 1.165) is 11.0 Å². The normalized spacial score (nSPS) is 9.96. The molecular weight excluding hydrogens is 356 g/mol. The Kier molecular flexibility index (Phi) is 6.59. The minimum Gasteiger partial charge on any atom is -0.483 e. The molecule has 9 heteroatoms. The van der Waals surface area contributed by atoms with Gasteiger partial charge in [-0.3, -0.25) is 29.4 Å². The molecule has 0 spiro atoms. The third-order valence-electron chi connectivity index (χ3n) is 3.59. The van der Waals surface area contributed by atoms with Gasteiger partial charge in [-0.1, -0.05) is 24.3 Å². The molecule has 0 bridgehead atoms. The Bertz CT molecular complexity index is 852. The van der Waals surface area contributed by atoms with Crippen LogP contribution in [0.5, 0.6) is 5.75 Å². The number of carbonyl (C=O) groups is 3. The Hall–Kier alpha value is -3.75. The zero-order valence-corrected chi connectivity index (χ0v) is 14.4. The first kappa shape index (κ1) is 19.6. The molecule has 0 saturated heterocycles. The van der Waals surface area contributed by atoms with Crippen molar-refractivity contribution in [3.63, 3.8) is 0 Å². The Morgan fingerprint density at radius 1 is 1.15 bits per heavy atom. The number of ether oxygens (including phenoxy) is 2. The lowest BCUT2D eigenvalue weighted by molar-refractivity contribution is -0.385. The van der Waals surface area contributed by atoms with Crippen LogP contribution in [-0.2, 0) is 14.3 Å². The van der Waals surface area contributed by atoms with E-state index in [-0.39, 0.29) is 17.9 Å². The van der Waals surface area contributed by atoms with Crippen LogP contribution in [0, 0.1) is 10.1 Å². The predicted molar refractivity (Wildman–Crippen MR) is 94.8 cm³/mol. The van der Waals surface area contributed by atoms with Crippen molar-refractivity contribution in [3.8, 4) is 5.75 Å². The minimum atomic E-state index is -0.716. The number of rotatable bonds is 8. The molecule has 0 radical (unpaired) electrons. The van der Waals surface area contributed by atoms with E-state index in [1.54, 1.807) is 30.3 Å². The van der Waals surface area contributed by atoms with Crippen LogP contribution < -0.4 is 9.64 Å². The summed E-state index contributed by atoms with van der Waals surface area (Å²) >= 11 is 0. The van der Waals surface area contributed by atoms with Crippen molar-refractivity contribution in [1.82, 2.24) is 0 Å². The van der Waals surface area contributed by atoms with E-state index < -0.39 is 29.1 Å². The molecule has 0 atom stereocenters. The van der Waals surface area contributed by atoms with Gasteiger partial charge in [-0.2, -0.15) is 0 Å². The maximum Gasteiger partial charge on any atom is 0.325 e. The summed E-state index contributed by atoms with van der Waals surface area (Å²) in [5.41, 5.74) is -0.245. The SMILES string of the molecule is COC(=O)CN(C(=O)COc1cccc([N+](=O)[O-])c1C=O)c1ccccc1. The quantitative estimate of drug-likeness (QED) is 0.301. The van der Waals surface area contributed by atoms with E-state index in [9.17, 15) is 24.5 Å². The Morgan fingerprint density at radius 3 is 2.44 bits per heavy atom. The van der Waals surface area contributed by atoms with Crippen molar-refractivity contribution in [2.45, 2.75) is 0 Å². The molecular formula is C18H16N2O7. The summed E-state index contributed by atoms with van der Waals surface area (Å²) in [6, 6.07) is 12.2. The fourth-order valence-electron chi connectivity index (χ4n) is 2.28. The third kappa shape index (κ3) is 4.88. The molecule has 0 aliphatic heterocycles. The van der Waals surface area contributed by atoms with Crippen molar-refractivity contribution in [2.24, 2.45) is 0 Å². The van der Waals surface area contributed by atoms with Gasteiger partial charge in [-0.05, 0) is 18.2 Å². The molecule has 0 aliphatic carbocycles. The van der Waals surface area contributed by atoms with Gasteiger partial charge in [-0.15, -0.1) is 0 Å². The number of anilines is 1. The van der Waals surface area contributed by atoms with Crippen molar-refractivity contribution in [1.29, 1.82) is 0 Å². The topological polar surface area (TPSA) is 116 Å². The van der Waals surface area contributed by atoms with Gasteiger partial charge < -0.3 is 9.47 Å². The van der Waals surface area contributed by atoms with E-state index >= 15 is 0 Å². The first-order valence-electron chi connectivity index (χ1n) is 7.75. The lowest BCUT2D eigenvalue weighted by Crippen LogP contribution is -2.39. The molecule has 2 aromatic rings. The first-order valence-corrected chi connectivity index (χ1v) is 7.75. The molecule has 9 nitrogen and oxygen atoms in total. The number of esters is 1. The van der Waals surface area contributed by atoms with E-state index in [1.807, 2.05) is 0 Å². The fourth-order valence-corrected chi connectivity index (χ4v) is 2.28. The average Bonchev–Trinajstić information content (AvgIpc) is 2.70. The molecule has 2 rings (SSSR count). The maximum atomic E-state index is 12.6. The molecule has 0 saturated carbocycles. The van der Waals surface area contributed by atoms with Crippen LogP contribution in [0.25, 0.3) is 0 Å². The molecule has 2 aromatic carbocycles. The van der Waals surface area contributed by atoms with E-state index in [1.165, 1.54) is 19.2 Å². The smallest absolute Gasteiger partial charge is 0.325 e. The van der Waals surface area contributed by atoms with Crippen LogP contribution in [0.2, 0.25) is 0 Å². The molecule has 140 valence electrons. The highest BCUT2D eigenvalue weighted by Gasteiger charge is 2.22. The van der Waals surface area contributed by atoms with Gasteiger partial charge in [0.1, 0.15) is 17.9 Å². The number of hydrogen-bond donors (Lipinski definition) is 0. The second kappa shape index (κ2) is 9.09. The molecule has 0 aromatic heterocycles. The van der Waals surface area contributed by atoms with E-state index in [0.29, 0.717) is 12.0 Å². The zero-order valence-electron chi connectivity index (χ0n) is 14.4. The van der Waals surface area contributed by atoms with Crippen molar-refractivity contribution >= 4 is 29.5 Å². The van der Waals surface area contributed by atoms with Gasteiger partial charge in [0.05, 0.1) is 12.0 Å². The Morgan fingerprint density at radius 2 is 1.85 bits per heavy atom. The van der Waals surface area contributed by atoms with Crippen molar-refractivity contribution < 1.29 is 28.8 Å². The van der Waals surface area contributed by atoms with Gasteiger partial charge >= 0.3 is 5.97 Å². The number of nitro groups is 1. The maximum absolute atomic E-state index is 12.6. The summed E-state index contributed by atoms with van der Waals surface area (Å²) in [6.07, 6.45) is 0.293. The highest BCUT2D eigenvalue weighted by Crippen LogP contribution is 2.26. The third-order valence-corrected chi connectivity index (χ3v) is 3.59. The lowest BCUT2D eigenvalue weighted by Gasteiger charge is -2.21. The van der Waals surface area contributed by atoms with E-state index in [2.05, 4.69) is 4.74 Å². The highest BCUT2D eigenvalue weighted by atomic mass is 16.6. The monoisotopic (exact) mass is 372 g/mol. The number of aldehydes is 1. The van der Waals surface area contributed by atoms with Crippen LogP contribution in [0.15, 0.2) is 48.5 Å². The Labute approximate surface area is 154 Å². The zero-order chi connectivity index (χ0) is 19.8. The Balaban J connectivity index is 2.21. The number of carbonyl (C=O) groups excluding carboxylic acids is 3. The van der Waals surface area contributed by atoms with Crippen molar-refractivity contribution in [3.05, 3.63) is 64.2 Å². The molecule has 0 aliphatic rings. The number of nitro benzene ring substituents is 1. The fraction of sp³-hybridized carbons (Fsp3) is 0.167. The molecule has 0 fully saturated rings. The van der Waals surface area contributed by atoms with Gasteiger partial charge in [0, 0.05) is 11.8 Å². The molecule has 1 amide bonds. The minimum absolute atomic E-state index is 0.0985. The number of nitrogens with zero attached hydrogens (tertiary/aromatic N) is 2. The van der Waals surface area contributed by atoms with Crippen LogP contribution in [0.4, 0.5) is 11.4 Å². The van der Waals surface area contributed by atoms with Gasteiger partial charge in [0.25, 0.3) is 11.6 Å². The number of amides is 1. The van der Waals surface area contributed by atoms with Crippen LogP contribution in [0.3, 0.4) is 0 Å². The molecule has 0 N–H and O–H groups in total. The summed E-state index contributed by atoms with van der Waals surface area (Å²) in [6.45, 7) is -0.869. The standard InChI is InChI=1S/C18H16N2O7/c1-26-18(23)10-19(13-6-3-2-4-7-13)17(22)12-27-16-9-5-8-15(20(24)25)14(16)11-21/h2-9,11H,10,12H2,1H3. The summed E-state index contributed by atoms with van der Waals surface area (Å²) < 4.78 is 9.92. The van der Waals surface area contributed by atoms with Crippen LogP contribution in [0.1, 0.15) is 10.4 Å². The summed E-state index contributed by atoms with van der Waals surface area (Å²) in [5, 5.41) is 11.0. The van der Waals surface area contributed by atoms with Crippen molar-refractivity contribution in [2.75, 3.05) is 25.2 Å². The van der Waals surface area contributed by atoms with Crippen LogP contribution in [-0.4, -0.2) is 43.3 Å². The molecule has 27 heavy (non-hydrogen) atoms. The summed E-state index contributed by atoms with van der Waals surface area (Å²) in [7, 11) is 1.20. The molecule has 0 heterocycles. The predicted octanol–water partition coefficient (Wildman–Crippen LogP) is 1.99.